The third-order valence-corrected chi connectivity index (χ3v) is 4.88. The number of hydrogen-bond acceptors (Lipinski definition) is 3. The van der Waals surface area contributed by atoms with E-state index in [0.717, 1.165) is 18.3 Å². The molecule has 1 aliphatic carbocycles. The van der Waals surface area contributed by atoms with Gasteiger partial charge in [-0.3, -0.25) is 11.3 Å². The highest BCUT2D eigenvalue weighted by Gasteiger charge is 2.29. The Morgan fingerprint density at radius 2 is 2.44 bits per heavy atom. The molecule has 1 aromatic rings. The van der Waals surface area contributed by atoms with Crippen molar-refractivity contribution in [1.82, 2.24) is 5.43 Å². The monoisotopic (exact) mass is 238 g/mol. The first-order chi connectivity index (χ1) is 7.81. The van der Waals surface area contributed by atoms with Crippen molar-refractivity contribution < 1.29 is 0 Å². The molecule has 3 atom stereocenters. The maximum Gasteiger partial charge on any atom is 0.0244 e. The molecule has 0 amide bonds. The zero-order valence-electron chi connectivity index (χ0n) is 9.99. The first-order valence-corrected chi connectivity index (χ1v) is 7.17. The lowest BCUT2D eigenvalue weighted by Gasteiger charge is -2.26. The maximum absolute atomic E-state index is 5.71. The fourth-order valence-electron chi connectivity index (χ4n) is 2.95. The Morgan fingerprint density at radius 3 is 3.00 bits per heavy atom. The third-order valence-electron chi connectivity index (χ3n) is 3.94. The van der Waals surface area contributed by atoms with E-state index >= 15 is 0 Å². The molecule has 0 saturated heterocycles. The lowest BCUT2D eigenvalue weighted by Crippen LogP contribution is -2.42. The Balaban J connectivity index is 1.85. The lowest BCUT2D eigenvalue weighted by atomic mass is 9.88. The fraction of sp³-hybridized carbons (Fsp3) is 0.692. The molecule has 90 valence electrons. The fourth-order valence-corrected chi connectivity index (χ4v) is 3.67. The van der Waals surface area contributed by atoms with E-state index in [9.17, 15) is 0 Å². The van der Waals surface area contributed by atoms with Gasteiger partial charge in [0.05, 0.1) is 0 Å². The van der Waals surface area contributed by atoms with Gasteiger partial charge in [-0.1, -0.05) is 25.8 Å². The van der Waals surface area contributed by atoms with E-state index in [2.05, 4.69) is 29.9 Å². The zero-order valence-corrected chi connectivity index (χ0v) is 10.8. The summed E-state index contributed by atoms with van der Waals surface area (Å²) in [4.78, 5) is 1.48. The molecule has 16 heavy (non-hydrogen) atoms. The van der Waals surface area contributed by atoms with Gasteiger partial charge in [0.15, 0.2) is 0 Å². The molecule has 2 rings (SSSR count). The van der Waals surface area contributed by atoms with E-state index in [1.54, 1.807) is 0 Å². The largest absolute Gasteiger partial charge is 0.271 e. The average molecular weight is 238 g/mol. The number of thiophene rings is 1. The normalized spacial score (nSPS) is 27.1. The molecule has 1 aliphatic rings. The van der Waals surface area contributed by atoms with Crippen molar-refractivity contribution in [2.75, 3.05) is 0 Å². The Labute approximate surface area is 102 Å². The number of rotatable bonds is 5. The van der Waals surface area contributed by atoms with Crippen LogP contribution >= 0.6 is 11.3 Å². The average Bonchev–Trinajstić information content (AvgIpc) is 2.92. The van der Waals surface area contributed by atoms with Gasteiger partial charge in [0.1, 0.15) is 0 Å². The molecule has 0 bridgehead atoms. The minimum Gasteiger partial charge on any atom is -0.271 e. The molecule has 0 radical (unpaired) electrons. The first kappa shape index (κ1) is 12.1. The van der Waals surface area contributed by atoms with Crippen molar-refractivity contribution in [2.45, 2.75) is 45.1 Å². The summed E-state index contributed by atoms with van der Waals surface area (Å²) >= 11 is 1.85. The third kappa shape index (κ3) is 2.84. The standard InChI is InChI=1S/C13H22N2S/c1-10-4-2-6-12(10)13(15-14)8-7-11-5-3-9-16-11/h3,5,9-10,12-13,15H,2,4,6-8,14H2,1H3. The Kier molecular flexibility index (Phi) is 4.38. The molecular weight excluding hydrogens is 216 g/mol. The Morgan fingerprint density at radius 1 is 1.56 bits per heavy atom. The van der Waals surface area contributed by atoms with E-state index in [0.29, 0.717) is 6.04 Å². The number of nitrogens with two attached hydrogens (primary N) is 1. The smallest absolute Gasteiger partial charge is 0.0244 e. The second kappa shape index (κ2) is 5.80. The van der Waals surface area contributed by atoms with Gasteiger partial charge in [0, 0.05) is 10.9 Å². The van der Waals surface area contributed by atoms with Crippen molar-refractivity contribution in [3.05, 3.63) is 22.4 Å². The van der Waals surface area contributed by atoms with Crippen molar-refractivity contribution in [1.29, 1.82) is 0 Å². The molecule has 2 nitrogen and oxygen atoms in total. The number of aryl methyl sites for hydroxylation is 1. The van der Waals surface area contributed by atoms with Crippen molar-refractivity contribution >= 4 is 11.3 Å². The van der Waals surface area contributed by atoms with Crippen LogP contribution in [0.25, 0.3) is 0 Å². The van der Waals surface area contributed by atoms with Crippen molar-refractivity contribution in [3.8, 4) is 0 Å². The molecule has 3 heteroatoms. The summed E-state index contributed by atoms with van der Waals surface area (Å²) in [5.41, 5.74) is 3.04. The minimum absolute atomic E-state index is 0.500. The van der Waals surface area contributed by atoms with Crippen LogP contribution in [0.1, 0.15) is 37.5 Å². The summed E-state index contributed by atoms with van der Waals surface area (Å²) in [6.45, 7) is 2.37. The predicted octanol–water partition coefficient (Wildman–Crippen LogP) is 2.95. The van der Waals surface area contributed by atoms with Gasteiger partial charge in [-0.25, -0.2) is 0 Å². The molecule has 1 aromatic heterocycles. The quantitative estimate of drug-likeness (QED) is 0.611. The van der Waals surface area contributed by atoms with Crippen LogP contribution in [0.5, 0.6) is 0 Å². The van der Waals surface area contributed by atoms with Crippen LogP contribution in [0.3, 0.4) is 0 Å². The highest BCUT2D eigenvalue weighted by Crippen LogP contribution is 2.34. The topological polar surface area (TPSA) is 38.0 Å². The Bertz CT molecular complexity index is 297. The van der Waals surface area contributed by atoms with Crippen LogP contribution in [-0.2, 0) is 6.42 Å². The van der Waals surface area contributed by atoms with Gasteiger partial charge < -0.3 is 0 Å². The van der Waals surface area contributed by atoms with E-state index in [4.69, 9.17) is 5.84 Å². The molecule has 3 unspecified atom stereocenters. The minimum atomic E-state index is 0.500. The van der Waals surface area contributed by atoms with E-state index in [1.807, 2.05) is 11.3 Å². The summed E-state index contributed by atoms with van der Waals surface area (Å²) in [5, 5.41) is 2.15. The van der Waals surface area contributed by atoms with Crippen molar-refractivity contribution in [2.24, 2.45) is 17.7 Å². The summed E-state index contributed by atoms with van der Waals surface area (Å²) < 4.78 is 0. The molecule has 3 N–H and O–H groups in total. The Hall–Kier alpha value is -0.380. The maximum atomic E-state index is 5.71. The van der Waals surface area contributed by atoms with Gasteiger partial charge in [0.2, 0.25) is 0 Å². The van der Waals surface area contributed by atoms with Crippen LogP contribution in [0.15, 0.2) is 17.5 Å². The van der Waals surface area contributed by atoms with E-state index in [-0.39, 0.29) is 0 Å². The number of hydrazine groups is 1. The molecule has 1 heterocycles. The predicted molar refractivity (Wildman–Crippen MR) is 70.3 cm³/mol. The van der Waals surface area contributed by atoms with Crippen molar-refractivity contribution in [3.63, 3.8) is 0 Å². The number of hydrogen-bond donors (Lipinski definition) is 2. The van der Waals surface area contributed by atoms with E-state index in [1.165, 1.54) is 30.6 Å². The van der Waals surface area contributed by atoms with E-state index < -0.39 is 0 Å². The summed E-state index contributed by atoms with van der Waals surface area (Å²) in [6, 6.07) is 4.85. The van der Waals surface area contributed by atoms with Crippen LogP contribution < -0.4 is 11.3 Å². The molecule has 0 aliphatic heterocycles. The van der Waals surface area contributed by atoms with Gasteiger partial charge >= 0.3 is 0 Å². The second-order valence-corrected chi connectivity index (χ2v) is 6.00. The SMILES string of the molecule is CC1CCCC1C(CCc1cccs1)NN. The molecule has 0 aromatic carbocycles. The molecule has 1 fully saturated rings. The molecule has 0 spiro atoms. The highest BCUT2D eigenvalue weighted by molar-refractivity contribution is 7.09. The molecular formula is C13H22N2S. The first-order valence-electron chi connectivity index (χ1n) is 6.29. The summed E-state index contributed by atoms with van der Waals surface area (Å²) in [6.07, 6.45) is 6.44. The van der Waals surface area contributed by atoms with Gasteiger partial charge in [-0.05, 0) is 42.5 Å². The van der Waals surface area contributed by atoms with Crippen LogP contribution in [0.2, 0.25) is 0 Å². The van der Waals surface area contributed by atoms with Crippen LogP contribution in [0.4, 0.5) is 0 Å². The second-order valence-electron chi connectivity index (χ2n) is 4.96. The highest BCUT2D eigenvalue weighted by atomic mass is 32.1. The van der Waals surface area contributed by atoms with Crippen LogP contribution in [-0.4, -0.2) is 6.04 Å². The van der Waals surface area contributed by atoms with Gasteiger partial charge in [0.25, 0.3) is 0 Å². The zero-order chi connectivity index (χ0) is 11.4. The molecule has 1 saturated carbocycles. The summed E-state index contributed by atoms with van der Waals surface area (Å²) in [5.74, 6) is 7.33. The number of nitrogens with one attached hydrogen (secondary N) is 1. The van der Waals surface area contributed by atoms with Gasteiger partial charge in [-0.15, -0.1) is 11.3 Å². The summed E-state index contributed by atoms with van der Waals surface area (Å²) in [7, 11) is 0. The van der Waals surface area contributed by atoms with Gasteiger partial charge in [-0.2, -0.15) is 0 Å². The van der Waals surface area contributed by atoms with Crippen LogP contribution in [0, 0.1) is 11.8 Å². The lowest BCUT2D eigenvalue weighted by molar-refractivity contribution is 0.286.